The molecular formula is C16H23FN2O2. The van der Waals surface area contributed by atoms with Crippen molar-refractivity contribution >= 4 is 6.03 Å². The fourth-order valence-corrected chi connectivity index (χ4v) is 2.85. The Bertz CT molecular complexity index is 467. The Morgan fingerprint density at radius 1 is 1.38 bits per heavy atom. The monoisotopic (exact) mass is 294 g/mol. The Kier molecular flexibility index (Phi) is 5.99. The zero-order chi connectivity index (χ0) is 15.1. The van der Waals surface area contributed by atoms with Gasteiger partial charge in [-0.05, 0) is 43.4 Å². The van der Waals surface area contributed by atoms with Gasteiger partial charge in [0.15, 0.2) is 0 Å². The van der Waals surface area contributed by atoms with Crippen LogP contribution in [-0.4, -0.2) is 30.3 Å². The Balaban J connectivity index is 1.63. The number of urea groups is 1. The Morgan fingerprint density at radius 2 is 2.24 bits per heavy atom. The van der Waals surface area contributed by atoms with Crippen molar-refractivity contribution in [2.24, 2.45) is 5.92 Å². The predicted molar refractivity (Wildman–Crippen MR) is 79.5 cm³/mol. The van der Waals surface area contributed by atoms with Crippen LogP contribution in [0, 0.1) is 11.7 Å². The number of benzene rings is 1. The van der Waals surface area contributed by atoms with Gasteiger partial charge in [0, 0.05) is 25.1 Å². The minimum absolute atomic E-state index is 0.0817. The molecule has 2 rings (SSSR count). The van der Waals surface area contributed by atoms with Crippen LogP contribution in [0.15, 0.2) is 24.3 Å². The van der Waals surface area contributed by atoms with Crippen LogP contribution in [0.5, 0.6) is 0 Å². The molecule has 0 radical (unpaired) electrons. The van der Waals surface area contributed by atoms with Crippen LogP contribution in [0.1, 0.15) is 31.2 Å². The third-order valence-electron chi connectivity index (χ3n) is 4.03. The van der Waals surface area contributed by atoms with Gasteiger partial charge in [0.25, 0.3) is 0 Å². The van der Waals surface area contributed by atoms with Gasteiger partial charge in [0.2, 0.25) is 0 Å². The number of hydrogen-bond donors (Lipinski definition) is 3. The maximum atomic E-state index is 13.0. The van der Waals surface area contributed by atoms with Gasteiger partial charge < -0.3 is 15.7 Å². The van der Waals surface area contributed by atoms with Gasteiger partial charge >= 0.3 is 6.03 Å². The average molecular weight is 294 g/mol. The van der Waals surface area contributed by atoms with Crippen molar-refractivity contribution in [1.82, 2.24) is 10.6 Å². The lowest BCUT2D eigenvalue weighted by molar-refractivity contribution is 0.199. The summed E-state index contributed by atoms with van der Waals surface area (Å²) in [5, 5.41) is 14.9. The van der Waals surface area contributed by atoms with Crippen molar-refractivity contribution < 1.29 is 14.3 Å². The first-order valence-electron chi connectivity index (χ1n) is 7.58. The number of amides is 2. The maximum Gasteiger partial charge on any atom is 0.315 e. The fraction of sp³-hybridized carbons (Fsp3) is 0.562. The molecule has 1 saturated carbocycles. The van der Waals surface area contributed by atoms with E-state index in [1.807, 2.05) is 6.07 Å². The minimum atomic E-state index is -0.227. The van der Waals surface area contributed by atoms with Gasteiger partial charge in [0.1, 0.15) is 5.82 Å². The first-order chi connectivity index (χ1) is 10.2. The molecule has 116 valence electrons. The lowest BCUT2D eigenvalue weighted by atomic mass is 10.1. The third-order valence-corrected chi connectivity index (χ3v) is 4.03. The summed E-state index contributed by atoms with van der Waals surface area (Å²) in [6.07, 6.45) is 4.46. The van der Waals surface area contributed by atoms with Crippen molar-refractivity contribution in [3.63, 3.8) is 0 Å². The molecule has 0 bridgehead atoms. The lowest BCUT2D eigenvalue weighted by Crippen LogP contribution is -2.44. The summed E-state index contributed by atoms with van der Waals surface area (Å²) in [5.41, 5.74) is 0.938. The van der Waals surface area contributed by atoms with E-state index < -0.39 is 0 Å². The largest absolute Gasteiger partial charge is 0.396 e. The van der Waals surface area contributed by atoms with Crippen molar-refractivity contribution in [2.45, 2.75) is 38.1 Å². The van der Waals surface area contributed by atoms with E-state index in [-0.39, 0.29) is 30.4 Å². The second kappa shape index (κ2) is 7.98. The molecule has 1 aliphatic carbocycles. The average Bonchev–Trinajstić information content (AvgIpc) is 2.91. The number of aryl methyl sites for hydroxylation is 1. The summed E-state index contributed by atoms with van der Waals surface area (Å²) in [7, 11) is 0. The summed E-state index contributed by atoms with van der Waals surface area (Å²) in [6, 6.07) is 6.42. The molecule has 2 amide bonds. The minimum Gasteiger partial charge on any atom is -0.396 e. The summed E-state index contributed by atoms with van der Waals surface area (Å²) in [4.78, 5) is 11.8. The Morgan fingerprint density at radius 3 is 3.00 bits per heavy atom. The van der Waals surface area contributed by atoms with Crippen molar-refractivity contribution in [2.75, 3.05) is 13.2 Å². The van der Waals surface area contributed by atoms with Crippen LogP contribution >= 0.6 is 0 Å². The highest BCUT2D eigenvalue weighted by Crippen LogP contribution is 2.24. The zero-order valence-electron chi connectivity index (χ0n) is 12.1. The van der Waals surface area contributed by atoms with Crippen LogP contribution in [0.25, 0.3) is 0 Å². The molecule has 0 saturated heterocycles. The fourth-order valence-electron chi connectivity index (χ4n) is 2.85. The quantitative estimate of drug-likeness (QED) is 0.705. The van der Waals surface area contributed by atoms with Crippen molar-refractivity contribution in [1.29, 1.82) is 0 Å². The molecule has 1 fully saturated rings. The van der Waals surface area contributed by atoms with Gasteiger partial charge in [-0.15, -0.1) is 0 Å². The highest BCUT2D eigenvalue weighted by atomic mass is 19.1. The molecule has 1 aliphatic rings. The molecule has 0 heterocycles. The summed E-state index contributed by atoms with van der Waals surface area (Å²) in [6.45, 7) is 0.684. The number of rotatable bonds is 6. The lowest BCUT2D eigenvalue weighted by Gasteiger charge is -2.19. The number of aliphatic hydroxyl groups excluding tert-OH is 1. The molecule has 1 aromatic rings. The molecule has 0 aliphatic heterocycles. The number of aliphatic hydroxyl groups is 1. The first-order valence-corrected chi connectivity index (χ1v) is 7.58. The second-order valence-electron chi connectivity index (χ2n) is 5.61. The second-order valence-corrected chi connectivity index (χ2v) is 5.61. The van der Waals surface area contributed by atoms with E-state index in [1.165, 1.54) is 12.1 Å². The van der Waals surface area contributed by atoms with Crippen LogP contribution in [0.4, 0.5) is 9.18 Å². The summed E-state index contributed by atoms with van der Waals surface area (Å²) >= 11 is 0. The molecule has 5 heteroatoms. The molecule has 2 atom stereocenters. The molecule has 0 spiro atoms. The van der Waals surface area contributed by atoms with Gasteiger partial charge in [0.05, 0.1) is 0 Å². The van der Waals surface area contributed by atoms with E-state index in [1.54, 1.807) is 6.07 Å². The molecule has 4 nitrogen and oxygen atoms in total. The van der Waals surface area contributed by atoms with Gasteiger partial charge in [-0.1, -0.05) is 18.6 Å². The normalized spacial score (nSPS) is 21.2. The van der Waals surface area contributed by atoms with E-state index in [0.717, 1.165) is 37.7 Å². The molecule has 0 unspecified atom stereocenters. The number of nitrogens with one attached hydrogen (secondary N) is 2. The van der Waals surface area contributed by atoms with Gasteiger partial charge in [-0.25, -0.2) is 9.18 Å². The number of hydrogen-bond acceptors (Lipinski definition) is 2. The topological polar surface area (TPSA) is 61.4 Å². The Hall–Kier alpha value is -1.62. The number of carbonyl (C=O) groups excluding carboxylic acids is 1. The zero-order valence-corrected chi connectivity index (χ0v) is 12.1. The van der Waals surface area contributed by atoms with Crippen LogP contribution < -0.4 is 10.6 Å². The van der Waals surface area contributed by atoms with Crippen LogP contribution in [-0.2, 0) is 6.42 Å². The highest BCUT2D eigenvalue weighted by molar-refractivity contribution is 5.74. The van der Waals surface area contributed by atoms with E-state index in [2.05, 4.69) is 10.6 Å². The molecule has 21 heavy (non-hydrogen) atoms. The first kappa shape index (κ1) is 15.8. The highest BCUT2D eigenvalue weighted by Gasteiger charge is 2.27. The van der Waals surface area contributed by atoms with Crippen molar-refractivity contribution in [3.8, 4) is 0 Å². The van der Waals surface area contributed by atoms with Crippen LogP contribution in [0.2, 0.25) is 0 Å². The summed E-state index contributed by atoms with van der Waals surface area (Å²) in [5.74, 6) is -0.0440. The predicted octanol–water partition coefficient (Wildman–Crippen LogP) is 2.22. The summed E-state index contributed by atoms with van der Waals surface area (Å²) < 4.78 is 13.0. The van der Waals surface area contributed by atoms with E-state index in [4.69, 9.17) is 0 Å². The van der Waals surface area contributed by atoms with Crippen LogP contribution in [0.3, 0.4) is 0 Å². The Labute approximate surface area is 124 Å². The smallest absolute Gasteiger partial charge is 0.315 e. The third kappa shape index (κ3) is 5.01. The van der Waals surface area contributed by atoms with Gasteiger partial charge in [-0.3, -0.25) is 0 Å². The molecule has 3 N–H and O–H groups in total. The van der Waals surface area contributed by atoms with Gasteiger partial charge in [-0.2, -0.15) is 0 Å². The number of carbonyl (C=O) groups is 1. The number of halogens is 1. The van der Waals surface area contributed by atoms with Crippen molar-refractivity contribution in [3.05, 3.63) is 35.6 Å². The van der Waals surface area contributed by atoms with E-state index in [9.17, 15) is 14.3 Å². The SMILES string of the molecule is O=C(NCCCc1cccc(F)c1)N[C@H]1CCC[C@H]1CO. The van der Waals surface area contributed by atoms with E-state index >= 15 is 0 Å². The van der Waals surface area contributed by atoms with E-state index in [0.29, 0.717) is 6.54 Å². The molecule has 0 aromatic heterocycles. The molecule has 1 aromatic carbocycles. The maximum absolute atomic E-state index is 13.0. The molecular weight excluding hydrogens is 271 g/mol. The standard InChI is InChI=1S/C16H23FN2O2/c17-14-7-1-4-12(10-14)5-3-9-18-16(21)19-15-8-2-6-13(15)11-20/h1,4,7,10,13,15,20H,2-3,5-6,8-9,11H2,(H2,18,19,21)/t13-,15-/m0/s1.